The molecule has 0 aliphatic carbocycles. The van der Waals surface area contributed by atoms with Crippen molar-refractivity contribution in [3.05, 3.63) is 58.1 Å². The molecule has 5 nitrogen and oxygen atoms in total. The molecule has 2 amide bonds. The average Bonchev–Trinajstić information content (AvgIpc) is 2.47. The van der Waals surface area contributed by atoms with E-state index in [4.69, 9.17) is 0 Å². The van der Waals surface area contributed by atoms with Gasteiger partial charge in [0.2, 0.25) is 11.8 Å². The monoisotopic (exact) mass is 403 g/mol. The van der Waals surface area contributed by atoms with Gasteiger partial charge >= 0.3 is 0 Å². The summed E-state index contributed by atoms with van der Waals surface area (Å²) in [6, 6.07) is 13.3. The molecule has 0 heterocycles. The lowest BCUT2D eigenvalue weighted by Gasteiger charge is -2.16. The highest BCUT2D eigenvalue weighted by Crippen LogP contribution is 2.21. The number of carbonyl (C=O) groups excluding carboxylic acids is 2. The first-order chi connectivity index (χ1) is 11.8. The van der Waals surface area contributed by atoms with E-state index in [1.54, 1.807) is 11.9 Å². The number of anilines is 2. The molecule has 2 aromatic rings. The van der Waals surface area contributed by atoms with Crippen LogP contribution in [0.1, 0.15) is 11.1 Å². The van der Waals surface area contributed by atoms with Crippen LogP contribution in [-0.2, 0) is 9.59 Å². The van der Waals surface area contributed by atoms with E-state index in [-0.39, 0.29) is 24.9 Å². The molecule has 0 aliphatic rings. The maximum atomic E-state index is 12.1. The molecule has 0 aromatic heterocycles. The van der Waals surface area contributed by atoms with Gasteiger partial charge in [0.1, 0.15) is 0 Å². The van der Waals surface area contributed by atoms with Crippen LogP contribution in [0.5, 0.6) is 0 Å². The maximum absolute atomic E-state index is 12.1. The van der Waals surface area contributed by atoms with Gasteiger partial charge in [-0.25, -0.2) is 0 Å². The molecule has 132 valence electrons. The first-order valence-electron chi connectivity index (χ1n) is 7.94. The van der Waals surface area contributed by atoms with Crippen molar-refractivity contribution in [2.75, 3.05) is 30.8 Å². The second-order valence-electron chi connectivity index (χ2n) is 6.12. The number of nitrogens with one attached hydrogen (secondary N) is 2. The third-order valence-electron chi connectivity index (χ3n) is 3.48. The van der Waals surface area contributed by atoms with Gasteiger partial charge < -0.3 is 10.6 Å². The number of hydrogen-bond acceptors (Lipinski definition) is 3. The molecule has 2 N–H and O–H groups in total. The van der Waals surface area contributed by atoms with Gasteiger partial charge in [-0.2, -0.15) is 0 Å². The molecule has 6 heteroatoms. The van der Waals surface area contributed by atoms with Crippen molar-refractivity contribution in [3.8, 4) is 0 Å². The number of amides is 2. The number of halogens is 1. The zero-order valence-electron chi connectivity index (χ0n) is 14.6. The third-order valence-corrected chi connectivity index (χ3v) is 4.17. The lowest BCUT2D eigenvalue weighted by atomic mass is 10.1. The Bertz CT molecular complexity index is 757. The summed E-state index contributed by atoms with van der Waals surface area (Å²) in [7, 11) is 1.74. The summed E-state index contributed by atoms with van der Waals surface area (Å²) in [5.41, 5.74) is 3.67. The van der Waals surface area contributed by atoms with Gasteiger partial charge in [0.15, 0.2) is 0 Å². The Labute approximate surface area is 156 Å². The van der Waals surface area contributed by atoms with Crippen LogP contribution in [0, 0.1) is 13.8 Å². The summed E-state index contributed by atoms with van der Waals surface area (Å²) in [5.74, 6) is -0.324. The molecule has 25 heavy (non-hydrogen) atoms. The summed E-state index contributed by atoms with van der Waals surface area (Å²) in [6.07, 6.45) is 0. The van der Waals surface area contributed by atoms with Crippen LogP contribution in [0.15, 0.2) is 46.9 Å². The van der Waals surface area contributed by atoms with Crippen molar-refractivity contribution in [1.82, 2.24) is 4.90 Å². The normalized spacial score (nSPS) is 10.6. The number of rotatable bonds is 6. The summed E-state index contributed by atoms with van der Waals surface area (Å²) in [5, 5.41) is 5.69. The number of benzene rings is 2. The second kappa shape index (κ2) is 8.78. The number of likely N-dealkylation sites (N-methyl/N-ethyl adjacent to an activating group) is 1. The van der Waals surface area contributed by atoms with E-state index in [1.165, 1.54) is 0 Å². The molecule has 2 rings (SSSR count). The molecule has 2 aromatic carbocycles. The Hall–Kier alpha value is -2.18. The second-order valence-corrected chi connectivity index (χ2v) is 6.98. The molecule has 0 saturated carbocycles. The zero-order chi connectivity index (χ0) is 18.4. The standard InChI is InChI=1S/C19H22BrN3O2/c1-13-8-14(2)10-15(9-13)21-18(24)11-23(3)12-19(25)22-17-7-5-4-6-16(17)20/h4-10H,11-12H2,1-3H3,(H,21,24)(H,22,25). The summed E-state index contributed by atoms with van der Waals surface area (Å²) >= 11 is 3.39. The van der Waals surface area contributed by atoms with Crippen LogP contribution in [0.3, 0.4) is 0 Å². The van der Waals surface area contributed by atoms with Gasteiger partial charge in [0.25, 0.3) is 0 Å². The first kappa shape index (κ1) is 19.1. The highest BCUT2D eigenvalue weighted by Gasteiger charge is 2.12. The minimum Gasteiger partial charge on any atom is -0.325 e. The topological polar surface area (TPSA) is 61.4 Å². The highest BCUT2D eigenvalue weighted by atomic mass is 79.9. The van der Waals surface area contributed by atoms with E-state index >= 15 is 0 Å². The van der Waals surface area contributed by atoms with Gasteiger partial charge in [0.05, 0.1) is 18.8 Å². The van der Waals surface area contributed by atoms with E-state index in [0.717, 1.165) is 21.3 Å². The maximum Gasteiger partial charge on any atom is 0.238 e. The Kier molecular flexibility index (Phi) is 6.73. The van der Waals surface area contributed by atoms with Crippen LogP contribution in [0.25, 0.3) is 0 Å². The average molecular weight is 404 g/mol. The molecule has 0 aliphatic heterocycles. The van der Waals surface area contributed by atoms with E-state index < -0.39 is 0 Å². The third kappa shape index (κ3) is 6.32. The summed E-state index contributed by atoms with van der Waals surface area (Å²) in [6.45, 7) is 4.24. The van der Waals surface area contributed by atoms with Crippen LogP contribution in [0.2, 0.25) is 0 Å². The molecule has 0 atom stereocenters. The van der Waals surface area contributed by atoms with E-state index in [2.05, 4.69) is 26.6 Å². The molecular weight excluding hydrogens is 382 g/mol. The van der Waals surface area contributed by atoms with Crippen LogP contribution in [0.4, 0.5) is 11.4 Å². The molecule has 0 spiro atoms. The van der Waals surface area contributed by atoms with E-state index in [9.17, 15) is 9.59 Å². The minimum absolute atomic E-state index is 0.127. The van der Waals surface area contributed by atoms with Gasteiger partial charge in [-0.15, -0.1) is 0 Å². The number of para-hydroxylation sites is 1. The molecular formula is C19H22BrN3O2. The van der Waals surface area contributed by atoms with Crippen molar-refractivity contribution in [1.29, 1.82) is 0 Å². The van der Waals surface area contributed by atoms with Gasteiger partial charge in [-0.3, -0.25) is 14.5 Å². The van der Waals surface area contributed by atoms with E-state index in [0.29, 0.717) is 5.69 Å². The fraction of sp³-hybridized carbons (Fsp3) is 0.263. The number of aryl methyl sites for hydroxylation is 2. The summed E-state index contributed by atoms with van der Waals surface area (Å²) < 4.78 is 0.818. The largest absolute Gasteiger partial charge is 0.325 e. The Balaban J connectivity index is 1.84. The van der Waals surface area contributed by atoms with Gasteiger partial charge in [-0.1, -0.05) is 18.2 Å². The van der Waals surface area contributed by atoms with Crippen molar-refractivity contribution in [3.63, 3.8) is 0 Å². The lowest BCUT2D eigenvalue weighted by Crippen LogP contribution is -2.36. The van der Waals surface area contributed by atoms with Crippen LogP contribution in [-0.4, -0.2) is 36.9 Å². The van der Waals surface area contributed by atoms with Gasteiger partial charge in [-0.05, 0) is 72.2 Å². The SMILES string of the molecule is Cc1cc(C)cc(NC(=O)CN(C)CC(=O)Nc2ccccc2Br)c1. The molecule has 0 radical (unpaired) electrons. The first-order valence-corrected chi connectivity index (χ1v) is 8.74. The van der Waals surface area contributed by atoms with E-state index in [1.807, 2.05) is 56.3 Å². The minimum atomic E-state index is -0.173. The van der Waals surface area contributed by atoms with Gasteiger partial charge in [0, 0.05) is 10.2 Å². The molecule has 0 fully saturated rings. The van der Waals surface area contributed by atoms with Crippen LogP contribution < -0.4 is 10.6 Å². The van der Waals surface area contributed by atoms with Crippen molar-refractivity contribution in [2.24, 2.45) is 0 Å². The fourth-order valence-electron chi connectivity index (χ4n) is 2.55. The number of carbonyl (C=O) groups is 2. The molecule has 0 bridgehead atoms. The molecule has 0 unspecified atom stereocenters. The lowest BCUT2D eigenvalue weighted by molar-refractivity contribution is -0.119. The smallest absolute Gasteiger partial charge is 0.238 e. The molecule has 0 saturated heterocycles. The predicted molar refractivity (Wildman–Crippen MR) is 105 cm³/mol. The van der Waals surface area contributed by atoms with Crippen molar-refractivity contribution < 1.29 is 9.59 Å². The Morgan fingerprint density at radius 1 is 0.960 bits per heavy atom. The van der Waals surface area contributed by atoms with Crippen LogP contribution >= 0.6 is 15.9 Å². The van der Waals surface area contributed by atoms with Crippen molar-refractivity contribution >= 4 is 39.1 Å². The number of nitrogens with zero attached hydrogens (tertiary/aromatic N) is 1. The zero-order valence-corrected chi connectivity index (χ0v) is 16.2. The Morgan fingerprint density at radius 2 is 1.52 bits per heavy atom. The fourth-order valence-corrected chi connectivity index (χ4v) is 2.93. The number of hydrogen-bond donors (Lipinski definition) is 2. The highest BCUT2D eigenvalue weighted by molar-refractivity contribution is 9.10. The predicted octanol–water partition coefficient (Wildman–Crippen LogP) is 3.57. The van der Waals surface area contributed by atoms with Crippen molar-refractivity contribution in [2.45, 2.75) is 13.8 Å². The quantitative estimate of drug-likeness (QED) is 0.774. The Morgan fingerprint density at radius 3 is 2.12 bits per heavy atom. The summed E-state index contributed by atoms with van der Waals surface area (Å²) in [4.78, 5) is 25.9.